The van der Waals surface area contributed by atoms with Crippen LogP contribution in [-0.2, 0) is 6.42 Å². The summed E-state index contributed by atoms with van der Waals surface area (Å²) >= 11 is 6.30. The summed E-state index contributed by atoms with van der Waals surface area (Å²) in [5.41, 5.74) is 1.92. The molecule has 0 aliphatic rings. The van der Waals surface area contributed by atoms with E-state index in [9.17, 15) is 0 Å². The molecule has 4 aromatic rings. The average molecular weight is 379 g/mol. The number of halogens is 1. The molecule has 0 bridgehead atoms. The van der Waals surface area contributed by atoms with Gasteiger partial charge in [0, 0.05) is 5.56 Å². The minimum absolute atomic E-state index is 0.0621. The van der Waals surface area contributed by atoms with E-state index >= 15 is 0 Å². The zero-order valence-corrected chi connectivity index (χ0v) is 15.9. The lowest BCUT2D eigenvalue weighted by Gasteiger charge is -2.11. The first-order valence-corrected chi connectivity index (χ1v) is 9.23. The van der Waals surface area contributed by atoms with Crippen LogP contribution < -0.4 is 4.74 Å². The molecule has 4 nitrogen and oxygen atoms in total. The van der Waals surface area contributed by atoms with Gasteiger partial charge in [-0.25, -0.2) is 0 Å². The third kappa shape index (κ3) is 3.96. The summed E-state index contributed by atoms with van der Waals surface area (Å²) in [7, 11) is 0. The predicted molar refractivity (Wildman–Crippen MR) is 107 cm³/mol. The van der Waals surface area contributed by atoms with Crippen molar-refractivity contribution in [1.29, 1.82) is 0 Å². The Hall–Kier alpha value is -2.85. The molecule has 5 heteroatoms. The summed E-state index contributed by atoms with van der Waals surface area (Å²) in [6.45, 7) is 3.92. The Morgan fingerprint density at radius 2 is 1.81 bits per heavy atom. The molecule has 0 atom stereocenters. The van der Waals surface area contributed by atoms with Crippen LogP contribution in [0.5, 0.6) is 5.75 Å². The van der Waals surface area contributed by atoms with Crippen molar-refractivity contribution in [1.82, 2.24) is 10.1 Å². The third-order valence-corrected chi connectivity index (χ3v) is 4.49. The van der Waals surface area contributed by atoms with Gasteiger partial charge in [0.2, 0.25) is 11.7 Å². The monoisotopic (exact) mass is 378 g/mol. The van der Waals surface area contributed by atoms with E-state index in [1.54, 1.807) is 6.07 Å². The zero-order chi connectivity index (χ0) is 18.8. The van der Waals surface area contributed by atoms with Crippen LogP contribution in [0.2, 0.25) is 5.02 Å². The van der Waals surface area contributed by atoms with E-state index in [4.69, 9.17) is 20.9 Å². The molecule has 0 aliphatic carbocycles. The van der Waals surface area contributed by atoms with Gasteiger partial charge in [-0.2, -0.15) is 4.98 Å². The van der Waals surface area contributed by atoms with Crippen LogP contribution >= 0.6 is 11.6 Å². The molecule has 0 aliphatic heterocycles. The van der Waals surface area contributed by atoms with Gasteiger partial charge < -0.3 is 9.26 Å². The first-order chi connectivity index (χ1) is 13.1. The van der Waals surface area contributed by atoms with Crippen molar-refractivity contribution < 1.29 is 9.26 Å². The maximum Gasteiger partial charge on any atom is 0.231 e. The van der Waals surface area contributed by atoms with E-state index in [0.29, 0.717) is 28.9 Å². The van der Waals surface area contributed by atoms with Crippen LogP contribution in [-0.4, -0.2) is 16.2 Å². The summed E-state index contributed by atoms with van der Waals surface area (Å²) in [5.74, 6) is 1.73. The second-order valence-electron chi connectivity index (χ2n) is 6.68. The smallest absolute Gasteiger partial charge is 0.231 e. The topological polar surface area (TPSA) is 48.2 Å². The van der Waals surface area contributed by atoms with E-state index < -0.39 is 0 Å². The van der Waals surface area contributed by atoms with E-state index in [1.807, 2.05) is 38.1 Å². The van der Waals surface area contributed by atoms with E-state index in [-0.39, 0.29) is 6.10 Å². The summed E-state index contributed by atoms with van der Waals surface area (Å²) in [6.07, 6.45) is 0.646. The van der Waals surface area contributed by atoms with Gasteiger partial charge in [0.15, 0.2) is 0 Å². The van der Waals surface area contributed by atoms with Gasteiger partial charge in [-0.3, -0.25) is 0 Å². The SMILES string of the molecule is CC(C)Oc1ccc(-c2noc(Cc3ccc4ccccc4c3)n2)cc1Cl. The van der Waals surface area contributed by atoms with Crippen molar-refractivity contribution in [2.45, 2.75) is 26.4 Å². The van der Waals surface area contributed by atoms with Gasteiger partial charge in [0.1, 0.15) is 5.75 Å². The Labute approximate surface area is 162 Å². The number of hydrogen-bond acceptors (Lipinski definition) is 4. The van der Waals surface area contributed by atoms with Crippen LogP contribution in [0.3, 0.4) is 0 Å². The lowest BCUT2D eigenvalue weighted by Crippen LogP contribution is -2.05. The summed E-state index contributed by atoms with van der Waals surface area (Å²) in [4.78, 5) is 4.51. The van der Waals surface area contributed by atoms with Crippen molar-refractivity contribution in [3.05, 3.63) is 77.1 Å². The van der Waals surface area contributed by atoms with Crippen molar-refractivity contribution >= 4 is 22.4 Å². The Kier molecular flexibility index (Phi) is 4.82. The van der Waals surface area contributed by atoms with Gasteiger partial charge in [-0.15, -0.1) is 0 Å². The molecule has 0 spiro atoms. The molecule has 3 aromatic carbocycles. The fourth-order valence-electron chi connectivity index (χ4n) is 2.96. The minimum Gasteiger partial charge on any atom is -0.489 e. The fourth-order valence-corrected chi connectivity index (χ4v) is 3.18. The number of ether oxygens (including phenoxy) is 1. The average Bonchev–Trinajstić information content (AvgIpc) is 3.11. The van der Waals surface area contributed by atoms with Gasteiger partial charge in [0.25, 0.3) is 0 Å². The molecule has 0 radical (unpaired) electrons. The zero-order valence-electron chi connectivity index (χ0n) is 15.1. The number of benzene rings is 3. The molecule has 0 unspecified atom stereocenters. The normalized spacial score (nSPS) is 11.3. The number of nitrogens with zero attached hydrogens (tertiary/aromatic N) is 2. The van der Waals surface area contributed by atoms with E-state index in [2.05, 4.69) is 40.5 Å². The van der Waals surface area contributed by atoms with Crippen LogP contribution in [0.4, 0.5) is 0 Å². The predicted octanol–water partition coefficient (Wildman–Crippen LogP) is 5.92. The maximum absolute atomic E-state index is 6.30. The molecule has 0 saturated heterocycles. The largest absolute Gasteiger partial charge is 0.489 e. The molecule has 0 amide bonds. The minimum atomic E-state index is 0.0621. The van der Waals surface area contributed by atoms with Crippen molar-refractivity contribution in [2.75, 3.05) is 0 Å². The first-order valence-electron chi connectivity index (χ1n) is 8.85. The molecule has 1 aromatic heterocycles. The van der Waals surface area contributed by atoms with Crippen LogP contribution in [0.1, 0.15) is 25.3 Å². The Balaban J connectivity index is 1.55. The highest BCUT2D eigenvalue weighted by molar-refractivity contribution is 6.32. The first kappa shape index (κ1) is 17.6. The number of aromatic nitrogens is 2. The standard InChI is InChI=1S/C22H19ClN2O2/c1-14(2)26-20-10-9-18(13-19(20)23)22-24-21(27-25-22)12-15-7-8-16-5-3-4-6-17(16)11-15/h3-11,13-14H,12H2,1-2H3. The molecule has 136 valence electrons. The van der Waals surface area contributed by atoms with Gasteiger partial charge in [0.05, 0.1) is 17.5 Å². The van der Waals surface area contributed by atoms with Gasteiger partial charge in [-0.1, -0.05) is 59.2 Å². The molecular weight excluding hydrogens is 360 g/mol. The van der Waals surface area contributed by atoms with E-state index in [1.165, 1.54) is 10.8 Å². The molecule has 4 rings (SSSR count). The summed E-state index contributed by atoms with van der Waals surface area (Å²) < 4.78 is 11.1. The molecular formula is C22H19ClN2O2. The molecule has 27 heavy (non-hydrogen) atoms. The summed E-state index contributed by atoms with van der Waals surface area (Å²) in [5, 5.41) is 7.03. The van der Waals surface area contributed by atoms with Crippen LogP contribution in [0, 0.1) is 0 Å². The highest BCUT2D eigenvalue weighted by Gasteiger charge is 2.12. The van der Waals surface area contributed by atoms with Crippen LogP contribution in [0.25, 0.3) is 22.2 Å². The second-order valence-corrected chi connectivity index (χ2v) is 7.09. The van der Waals surface area contributed by atoms with Gasteiger partial charge >= 0.3 is 0 Å². The van der Waals surface area contributed by atoms with Crippen molar-refractivity contribution in [3.8, 4) is 17.1 Å². The Bertz CT molecular complexity index is 1090. The quantitative estimate of drug-likeness (QED) is 0.432. The Morgan fingerprint density at radius 1 is 1.00 bits per heavy atom. The lowest BCUT2D eigenvalue weighted by molar-refractivity contribution is 0.242. The van der Waals surface area contributed by atoms with Crippen LogP contribution in [0.15, 0.2) is 65.2 Å². The highest BCUT2D eigenvalue weighted by atomic mass is 35.5. The van der Waals surface area contributed by atoms with Gasteiger partial charge in [-0.05, 0) is 48.4 Å². The lowest BCUT2D eigenvalue weighted by atomic mass is 10.1. The van der Waals surface area contributed by atoms with E-state index in [0.717, 1.165) is 11.1 Å². The maximum atomic E-state index is 6.30. The number of fused-ring (bicyclic) bond motifs is 1. The molecule has 0 saturated carbocycles. The molecule has 0 N–H and O–H groups in total. The highest BCUT2D eigenvalue weighted by Crippen LogP contribution is 2.30. The number of rotatable bonds is 5. The fraction of sp³-hybridized carbons (Fsp3) is 0.182. The van der Waals surface area contributed by atoms with Crippen molar-refractivity contribution in [3.63, 3.8) is 0 Å². The van der Waals surface area contributed by atoms with Crippen molar-refractivity contribution in [2.24, 2.45) is 0 Å². The molecule has 1 heterocycles. The molecule has 0 fully saturated rings. The number of hydrogen-bond donors (Lipinski definition) is 0. The second kappa shape index (κ2) is 7.41. The Morgan fingerprint density at radius 3 is 2.59 bits per heavy atom. The third-order valence-electron chi connectivity index (χ3n) is 4.19. The summed E-state index contributed by atoms with van der Waals surface area (Å²) in [6, 6.07) is 20.1.